The van der Waals surface area contributed by atoms with E-state index in [1.165, 1.54) is 16.2 Å². The third-order valence-electron chi connectivity index (χ3n) is 5.55. The molecule has 1 aliphatic heterocycles. The molecule has 0 aromatic carbocycles. The lowest BCUT2D eigenvalue weighted by molar-refractivity contribution is -0.146. The number of aryl methyl sites for hydroxylation is 1. The summed E-state index contributed by atoms with van der Waals surface area (Å²) in [4.78, 5) is 39.8. The average molecular weight is 360 g/mol. The van der Waals surface area contributed by atoms with Crippen LogP contribution in [0.25, 0.3) is 0 Å². The minimum absolute atomic E-state index is 0.128. The van der Waals surface area contributed by atoms with Gasteiger partial charge in [0.25, 0.3) is 0 Å². The SMILES string of the molecule is CC[C@H](C(=O)Nc1nnc(C)s1)N1C(=O)[C@@H]2[C@@H](C1=O)[C@H]1C=C[C@H]2CC1. The lowest BCUT2D eigenvalue weighted by Gasteiger charge is -2.38. The molecule has 5 rings (SSSR count). The van der Waals surface area contributed by atoms with E-state index in [-0.39, 0.29) is 41.4 Å². The number of hydrogen-bond acceptors (Lipinski definition) is 6. The Balaban J connectivity index is 1.58. The molecule has 8 heteroatoms. The third-order valence-corrected chi connectivity index (χ3v) is 6.30. The van der Waals surface area contributed by atoms with Crippen molar-refractivity contribution in [3.05, 3.63) is 17.2 Å². The predicted octanol–water partition coefficient (Wildman–Crippen LogP) is 1.76. The van der Waals surface area contributed by atoms with Crippen molar-refractivity contribution < 1.29 is 14.4 Å². The summed E-state index contributed by atoms with van der Waals surface area (Å²) in [5.74, 6) is -1.08. The number of hydrogen-bond donors (Lipinski definition) is 1. The van der Waals surface area contributed by atoms with E-state index < -0.39 is 6.04 Å². The fourth-order valence-electron chi connectivity index (χ4n) is 4.43. The zero-order chi connectivity index (χ0) is 17.7. The average Bonchev–Trinajstić information content (AvgIpc) is 3.14. The van der Waals surface area contributed by atoms with Crippen LogP contribution in [-0.4, -0.2) is 38.9 Å². The predicted molar refractivity (Wildman–Crippen MR) is 91.5 cm³/mol. The lowest BCUT2D eigenvalue weighted by Crippen LogP contribution is -2.47. The summed E-state index contributed by atoms with van der Waals surface area (Å²) in [7, 11) is 0. The Labute approximate surface area is 149 Å². The molecular formula is C17H20N4O3S. The van der Waals surface area contributed by atoms with Gasteiger partial charge in [-0.3, -0.25) is 24.6 Å². The number of anilines is 1. The monoisotopic (exact) mass is 360 g/mol. The van der Waals surface area contributed by atoms with Crippen LogP contribution in [0.15, 0.2) is 12.2 Å². The molecule has 1 aromatic heterocycles. The van der Waals surface area contributed by atoms with Gasteiger partial charge in [-0.25, -0.2) is 0 Å². The van der Waals surface area contributed by atoms with Gasteiger partial charge in [0.05, 0.1) is 11.8 Å². The largest absolute Gasteiger partial charge is 0.299 e. The second kappa shape index (κ2) is 6.01. The molecule has 0 spiro atoms. The molecule has 7 nitrogen and oxygen atoms in total. The Morgan fingerprint density at radius 2 is 1.84 bits per heavy atom. The van der Waals surface area contributed by atoms with Gasteiger partial charge >= 0.3 is 0 Å². The van der Waals surface area contributed by atoms with Crippen LogP contribution in [0.1, 0.15) is 31.2 Å². The Morgan fingerprint density at radius 3 is 2.28 bits per heavy atom. The van der Waals surface area contributed by atoms with Crippen LogP contribution < -0.4 is 5.32 Å². The van der Waals surface area contributed by atoms with Gasteiger partial charge in [-0.2, -0.15) is 0 Å². The van der Waals surface area contributed by atoms with Crippen molar-refractivity contribution in [3.8, 4) is 0 Å². The van der Waals surface area contributed by atoms with Crippen LogP contribution in [0.3, 0.4) is 0 Å². The first-order valence-corrected chi connectivity index (χ1v) is 9.49. The number of rotatable bonds is 4. The second-order valence-electron chi connectivity index (χ2n) is 6.93. The number of nitrogens with one attached hydrogen (secondary N) is 1. The van der Waals surface area contributed by atoms with Crippen molar-refractivity contribution in [1.82, 2.24) is 15.1 Å². The molecule has 1 saturated carbocycles. The quantitative estimate of drug-likeness (QED) is 0.652. The van der Waals surface area contributed by atoms with Crippen molar-refractivity contribution in [2.45, 2.75) is 39.2 Å². The van der Waals surface area contributed by atoms with Crippen molar-refractivity contribution in [2.24, 2.45) is 23.7 Å². The molecule has 3 aliphatic carbocycles. The zero-order valence-electron chi connectivity index (χ0n) is 14.1. The summed E-state index contributed by atoms with van der Waals surface area (Å²) in [6.45, 7) is 3.61. The number of aromatic nitrogens is 2. The van der Waals surface area contributed by atoms with Gasteiger partial charge in [0.2, 0.25) is 22.9 Å². The molecule has 4 aliphatic rings. The molecule has 0 unspecified atom stereocenters. The molecule has 25 heavy (non-hydrogen) atoms. The number of likely N-dealkylation sites (tertiary alicyclic amines) is 1. The van der Waals surface area contributed by atoms with Gasteiger partial charge in [0, 0.05) is 0 Å². The molecule has 1 N–H and O–H groups in total. The van der Waals surface area contributed by atoms with Crippen molar-refractivity contribution in [3.63, 3.8) is 0 Å². The van der Waals surface area contributed by atoms with Gasteiger partial charge in [-0.1, -0.05) is 30.4 Å². The maximum atomic E-state index is 13.0. The van der Waals surface area contributed by atoms with Crippen molar-refractivity contribution in [1.29, 1.82) is 0 Å². The summed E-state index contributed by atoms with van der Waals surface area (Å²) in [5.41, 5.74) is 0. The number of imide groups is 1. The first-order chi connectivity index (χ1) is 12.0. The highest BCUT2D eigenvalue weighted by Gasteiger charge is 2.58. The smallest absolute Gasteiger partial charge is 0.249 e. The molecule has 0 radical (unpaired) electrons. The van der Waals surface area contributed by atoms with Crippen LogP contribution in [-0.2, 0) is 14.4 Å². The number of carbonyl (C=O) groups is 3. The molecule has 2 fully saturated rings. The summed E-state index contributed by atoms with van der Waals surface area (Å²) in [6.07, 6.45) is 6.43. The summed E-state index contributed by atoms with van der Waals surface area (Å²) in [5, 5.41) is 11.6. The van der Waals surface area contributed by atoms with Crippen LogP contribution in [0.5, 0.6) is 0 Å². The maximum Gasteiger partial charge on any atom is 0.249 e. The minimum atomic E-state index is -0.797. The lowest BCUT2D eigenvalue weighted by atomic mass is 9.63. The maximum absolute atomic E-state index is 13.0. The summed E-state index contributed by atoms with van der Waals surface area (Å²) < 4.78 is 0. The van der Waals surface area contributed by atoms with E-state index in [4.69, 9.17) is 0 Å². The topological polar surface area (TPSA) is 92.3 Å². The Hall–Kier alpha value is -2.09. The molecular weight excluding hydrogens is 340 g/mol. The zero-order valence-corrected chi connectivity index (χ0v) is 15.0. The van der Waals surface area contributed by atoms with Gasteiger partial charge in [-0.05, 0) is 38.0 Å². The van der Waals surface area contributed by atoms with Crippen LogP contribution >= 0.6 is 11.3 Å². The third kappa shape index (κ3) is 2.50. The highest BCUT2D eigenvalue weighted by Crippen LogP contribution is 2.50. The van der Waals surface area contributed by atoms with E-state index in [0.717, 1.165) is 17.8 Å². The van der Waals surface area contributed by atoms with Gasteiger partial charge in [0.15, 0.2) is 0 Å². The normalized spacial score (nSPS) is 31.4. The van der Waals surface area contributed by atoms with Crippen LogP contribution in [0.4, 0.5) is 5.13 Å². The van der Waals surface area contributed by atoms with Gasteiger partial charge in [0.1, 0.15) is 11.0 Å². The fourth-order valence-corrected chi connectivity index (χ4v) is 5.02. The Morgan fingerprint density at radius 1 is 1.24 bits per heavy atom. The van der Waals surface area contributed by atoms with Crippen molar-refractivity contribution in [2.75, 3.05) is 5.32 Å². The summed E-state index contributed by atoms with van der Waals surface area (Å²) >= 11 is 1.27. The fraction of sp³-hybridized carbons (Fsp3) is 0.588. The minimum Gasteiger partial charge on any atom is -0.299 e. The summed E-state index contributed by atoms with van der Waals surface area (Å²) in [6, 6.07) is -0.797. The molecule has 1 saturated heterocycles. The Kier molecular flexibility index (Phi) is 3.94. The van der Waals surface area contributed by atoms with Gasteiger partial charge in [-0.15, -0.1) is 10.2 Å². The highest BCUT2D eigenvalue weighted by molar-refractivity contribution is 7.15. The van der Waals surface area contributed by atoms with Crippen molar-refractivity contribution >= 4 is 34.2 Å². The molecule has 2 heterocycles. The Bertz CT molecular complexity index is 742. The molecule has 1 aromatic rings. The molecule has 5 atom stereocenters. The van der Waals surface area contributed by atoms with Gasteiger partial charge < -0.3 is 0 Å². The first kappa shape index (κ1) is 16.4. The molecule has 3 amide bonds. The standard InChI is InChI=1S/C17H20N4O3S/c1-3-11(14(22)18-17-20-19-8(2)25-17)21-15(23)12-9-4-5-10(7-6-9)13(12)16(21)24/h4-5,9-13H,3,6-7H2,1-2H3,(H,18,20,22)/t9-,10-,11+,12-,13-/m0/s1. The second-order valence-corrected chi connectivity index (χ2v) is 8.11. The van der Waals surface area contributed by atoms with E-state index in [1.54, 1.807) is 6.92 Å². The van der Waals surface area contributed by atoms with E-state index >= 15 is 0 Å². The van der Waals surface area contributed by atoms with Crippen LogP contribution in [0, 0.1) is 30.6 Å². The highest BCUT2D eigenvalue weighted by atomic mass is 32.1. The van der Waals surface area contributed by atoms with E-state index in [0.29, 0.717) is 11.6 Å². The molecule has 132 valence electrons. The molecule has 2 bridgehead atoms. The van der Waals surface area contributed by atoms with E-state index in [9.17, 15) is 14.4 Å². The number of nitrogens with zero attached hydrogens (tertiary/aromatic N) is 3. The number of carbonyl (C=O) groups excluding carboxylic acids is 3. The number of fused-ring (bicyclic) bond motifs is 1. The van der Waals surface area contributed by atoms with Crippen LogP contribution in [0.2, 0.25) is 0 Å². The van der Waals surface area contributed by atoms with E-state index in [1.807, 2.05) is 6.92 Å². The number of amides is 3. The number of allylic oxidation sites excluding steroid dienone is 2. The van der Waals surface area contributed by atoms with E-state index in [2.05, 4.69) is 27.7 Å². The first-order valence-electron chi connectivity index (χ1n) is 8.67.